The molecule has 0 aliphatic carbocycles. The zero-order chi connectivity index (χ0) is 17.4. The van der Waals surface area contributed by atoms with E-state index in [9.17, 15) is 9.18 Å². The number of nitrogens with one attached hydrogen (secondary N) is 1. The van der Waals surface area contributed by atoms with E-state index in [0.717, 1.165) is 22.5 Å². The van der Waals surface area contributed by atoms with E-state index in [0.29, 0.717) is 19.5 Å². The summed E-state index contributed by atoms with van der Waals surface area (Å²) in [4.78, 5) is 14.4. The fourth-order valence-corrected chi connectivity index (χ4v) is 3.37. The minimum Gasteiger partial charge on any atom is -0.332 e. The van der Waals surface area contributed by atoms with Crippen LogP contribution in [-0.4, -0.2) is 27.5 Å². The third-order valence-electron chi connectivity index (χ3n) is 4.45. The largest absolute Gasteiger partial charge is 0.332 e. The fourth-order valence-electron chi connectivity index (χ4n) is 3.17. The van der Waals surface area contributed by atoms with E-state index in [-0.39, 0.29) is 16.5 Å². The van der Waals surface area contributed by atoms with Gasteiger partial charge in [0.15, 0.2) is 0 Å². The lowest BCUT2D eigenvalue weighted by atomic mass is 9.99. The van der Waals surface area contributed by atoms with Crippen LogP contribution in [0, 0.1) is 5.82 Å². The number of halogens is 2. The smallest absolute Gasteiger partial charge is 0.255 e. The predicted octanol–water partition coefficient (Wildman–Crippen LogP) is 4.07. The molecule has 6 heteroatoms. The maximum Gasteiger partial charge on any atom is 0.255 e. The Morgan fingerprint density at radius 3 is 2.76 bits per heavy atom. The van der Waals surface area contributed by atoms with E-state index in [1.54, 1.807) is 11.0 Å². The molecule has 1 aromatic heterocycles. The first-order chi connectivity index (χ1) is 12.1. The van der Waals surface area contributed by atoms with Crippen molar-refractivity contribution in [1.29, 1.82) is 0 Å². The molecule has 0 fully saturated rings. The molecule has 1 N–H and O–H groups in total. The Hall–Kier alpha value is -2.66. The molecule has 0 radical (unpaired) electrons. The Kier molecular flexibility index (Phi) is 4.01. The Labute approximate surface area is 149 Å². The van der Waals surface area contributed by atoms with Gasteiger partial charge in [0.1, 0.15) is 5.82 Å². The lowest BCUT2D eigenvalue weighted by molar-refractivity contribution is 0.0732. The number of nitrogens with zero attached hydrogens (tertiary/aromatic N) is 2. The van der Waals surface area contributed by atoms with Gasteiger partial charge >= 0.3 is 0 Å². The number of fused-ring (bicyclic) bond motifs is 1. The number of aromatic nitrogens is 2. The first kappa shape index (κ1) is 15.8. The molecule has 4 rings (SSSR count). The van der Waals surface area contributed by atoms with Crippen LogP contribution in [-0.2, 0) is 13.0 Å². The summed E-state index contributed by atoms with van der Waals surface area (Å²) in [5.74, 6) is -0.857. The summed E-state index contributed by atoms with van der Waals surface area (Å²) in [7, 11) is 0. The van der Waals surface area contributed by atoms with Crippen molar-refractivity contribution in [3.8, 4) is 11.3 Å². The molecule has 1 aliphatic rings. The Bertz CT molecular complexity index is 939. The zero-order valence-electron chi connectivity index (χ0n) is 13.3. The molecular weight excluding hydrogens is 341 g/mol. The minimum atomic E-state index is -0.585. The summed E-state index contributed by atoms with van der Waals surface area (Å²) < 4.78 is 13.6. The van der Waals surface area contributed by atoms with Crippen LogP contribution in [0.25, 0.3) is 11.3 Å². The average molecular weight is 356 g/mol. The molecule has 2 heterocycles. The normalized spacial score (nSPS) is 13.6. The van der Waals surface area contributed by atoms with Gasteiger partial charge in [-0.05, 0) is 18.6 Å². The van der Waals surface area contributed by atoms with E-state index >= 15 is 0 Å². The van der Waals surface area contributed by atoms with Gasteiger partial charge in [0.05, 0.1) is 28.5 Å². The summed E-state index contributed by atoms with van der Waals surface area (Å²) in [6.45, 7) is 0.943. The van der Waals surface area contributed by atoms with Crippen molar-refractivity contribution in [3.63, 3.8) is 0 Å². The van der Waals surface area contributed by atoms with Crippen LogP contribution in [0.4, 0.5) is 4.39 Å². The number of amides is 1. The topological polar surface area (TPSA) is 49.0 Å². The van der Waals surface area contributed by atoms with Crippen LogP contribution in [0.5, 0.6) is 0 Å². The standard InChI is InChI=1S/C19H15ClFN3O/c20-17-14(7-4-8-15(17)21)19(25)24-10-9-13-16(11-24)22-23-18(13)12-5-2-1-3-6-12/h1-8H,9-11H2,(H,22,23). The van der Waals surface area contributed by atoms with Gasteiger partial charge in [-0.3, -0.25) is 9.89 Å². The number of carbonyl (C=O) groups excluding carboxylic acids is 1. The predicted molar refractivity (Wildman–Crippen MR) is 93.9 cm³/mol. The quantitative estimate of drug-likeness (QED) is 0.753. The van der Waals surface area contributed by atoms with Gasteiger partial charge in [-0.15, -0.1) is 0 Å². The van der Waals surface area contributed by atoms with Crippen molar-refractivity contribution in [2.75, 3.05) is 6.54 Å². The second-order valence-electron chi connectivity index (χ2n) is 5.97. The third-order valence-corrected chi connectivity index (χ3v) is 4.83. The molecule has 126 valence electrons. The van der Waals surface area contributed by atoms with Crippen LogP contribution >= 0.6 is 11.6 Å². The van der Waals surface area contributed by atoms with Gasteiger partial charge in [0.2, 0.25) is 0 Å². The highest BCUT2D eigenvalue weighted by molar-refractivity contribution is 6.34. The molecule has 0 spiro atoms. The van der Waals surface area contributed by atoms with Crippen LogP contribution in [0.15, 0.2) is 48.5 Å². The molecular formula is C19H15ClFN3O. The molecule has 0 bridgehead atoms. The maximum absolute atomic E-state index is 13.6. The molecule has 3 aromatic rings. The Morgan fingerprint density at radius 2 is 1.96 bits per heavy atom. The summed E-state index contributed by atoms with van der Waals surface area (Å²) >= 11 is 5.95. The van der Waals surface area contributed by atoms with E-state index in [2.05, 4.69) is 10.2 Å². The fraction of sp³-hybridized carbons (Fsp3) is 0.158. The van der Waals surface area contributed by atoms with Crippen LogP contribution in [0.3, 0.4) is 0 Å². The van der Waals surface area contributed by atoms with Crippen molar-refractivity contribution >= 4 is 17.5 Å². The number of carbonyl (C=O) groups is 1. The third kappa shape index (κ3) is 2.81. The highest BCUT2D eigenvalue weighted by atomic mass is 35.5. The van der Waals surface area contributed by atoms with Crippen molar-refractivity contribution in [2.24, 2.45) is 0 Å². The van der Waals surface area contributed by atoms with Crippen molar-refractivity contribution in [1.82, 2.24) is 15.1 Å². The minimum absolute atomic E-state index is 0.132. The van der Waals surface area contributed by atoms with Crippen molar-refractivity contribution in [2.45, 2.75) is 13.0 Å². The molecule has 0 saturated heterocycles. The number of benzene rings is 2. The van der Waals surface area contributed by atoms with Gasteiger partial charge < -0.3 is 4.90 Å². The van der Waals surface area contributed by atoms with Gasteiger partial charge in [0, 0.05) is 17.7 Å². The number of aromatic amines is 1. The monoisotopic (exact) mass is 355 g/mol. The van der Waals surface area contributed by atoms with Crippen LogP contribution in [0.2, 0.25) is 5.02 Å². The first-order valence-corrected chi connectivity index (χ1v) is 8.38. The molecule has 4 nitrogen and oxygen atoms in total. The number of hydrogen-bond acceptors (Lipinski definition) is 2. The van der Waals surface area contributed by atoms with Crippen molar-refractivity contribution < 1.29 is 9.18 Å². The Balaban J connectivity index is 1.61. The van der Waals surface area contributed by atoms with Gasteiger partial charge in [-0.2, -0.15) is 5.10 Å². The summed E-state index contributed by atoms with van der Waals surface area (Å²) in [5, 5.41) is 7.32. The second-order valence-corrected chi connectivity index (χ2v) is 6.35. The lowest BCUT2D eigenvalue weighted by Crippen LogP contribution is -2.36. The molecule has 0 unspecified atom stereocenters. The highest BCUT2D eigenvalue weighted by Gasteiger charge is 2.27. The lowest BCUT2D eigenvalue weighted by Gasteiger charge is -2.27. The molecule has 0 saturated carbocycles. The van der Waals surface area contributed by atoms with E-state index < -0.39 is 5.82 Å². The molecule has 25 heavy (non-hydrogen) atoms. The van der Waals surface area contributed by atoms with Gasteiger partial charge in [0.25, 0.3) is 5.91 Å². The summed E-state index contributed by atoms with van der Waals surface area (Å²) in [6.07, 6.45) is 0.689. The second kappa shape index (κ2) is 6.33. The van der Waals surface area contributed by atoms with Gasteiger partial charge in [-0.25, -0.2) is 4.39 Å². The number of rotatable bonds is 2. The molecule has 1 amide bonds. The summed E-state index contributed by atoms with van der Waals surface area (Å²) in [5.41, 5.74) is 4.19. The van der Waals surface area contributed by atoms with Gasteiger partial charge in [-0.1, -0.05) is 48.0 Å². The zero-order valence-corrected chi connectivity index (χ0v) is 14.1. The summed E-state index contributed by atoms with van der Waals surface area (Å²) in [6, 6.07) is 14.2. The van der Waals surface area contributed by atoms with E-state index in [4.69, 9.17) is 11.6 Å². The average Bonchev–Trinajstić information content (AvgIpc) is 3.07. The maximum atomic E-state index is 13.6. The van der Waals surface area contributed by atoms with E-state index in [1.165, 1.54) is 12.1 Å². The number of H-pyrrole nitrogens is 1. The SMILES string of the molecule is O=C(c1cccc(F)c1Cl)N1CCc2c(-c3ccccc3)n[nH]c2C1. The first-order valence-electron chi connectivity index (χ1n) is 8.00. The molecule has 0 atom stereocenters. The molecule has 2 aromatic carbocycles. The Morgan fingerprint density at radius 1 is 1.16 bits per heavy atom. The molecule has 1 aliphatic heterocycles. The van der Waals surface area contributed by atoms with Crippen molar-refractivity contribution in [3.05, 3.63) is 76.2 Å². The highest BCUT2D eigenvalue weighted by Crippen LogP contribution is 2.29. The number of hydrogen-bond donors (Lipinski definition) is 1. The van der Waals surface area contributed by atoms with E-state index in [1.807, 2.05) is 30.3 Å². The van der Waals surface area contributed by atoms with Crippen LogP contribution < -0.4 is 0 Å². The van der Waals surface area contributed by atoms with Crippen LogP contribution in [0.1, 0.15) is 21.6 Å².